The Bertz CT molecular complexity index is 1330. The summed E-state index contributed by atoms with van der Waals surface area (Å²) in [5.74, 6) is 0.227. The van der Waals surface area contributed by atoms with Gasteiger partial charge >= 0.3 is 0 Å². The van der Waals surface area contributed by atoms with E-state index in [-0.39, 0.29) is 17.1 Å². The van der Waals surface area contributed by atoms with Gasteiger partial charge in [0, 0.05) is 5.69 Å². The van der Waals surface area contributed by atoms with E-state index in [0.717, 1.165) is 16.8 Å². The second-order valence-corrected chi connectivity index (χ2v) is 7.30. The molecule has 0 saturated heterocycles. The third-order valence-corrected chi connectivity index (χ3v) is 5.26. The average Bonchev–Trinajstić information content (AvgIpc) is 3.02. The van der Waals surface area contributed by atoms with Gasteiger partial charge in [-0.1, -0.05) is 48.0 Å². The number of carbonyl (C=O) groups is 1. The fourth-order valence-electron chi connectivity index (χ4n) is 3.94. The maximum absolute atomic E-state index is 13.5. The highest BCUT2D eigenvalue weighted by atomic mass is 16.3. The molecular formula is C24H18N2O3. The van der Waals surface area contributed by atoms with E-state index >= 15 is 0 Å². The first-order valence-electron chi connectivity index (χ1n) is 9.44. The van der Waals surface area contributed by atoms with Crippen LogP contribution in [0, 0.1) is 13.8 Å². The van der Waals surface area contributed by atoms with E-state index < -0.39 is 6.04 Å². The number of carbonyl (C=O) groups excluding carboxylic acids is 1. The number of benzene rings is 2. The Balaban J connectivity index is 1.84. The lowest BCUT2D eigenvalue weighted by molar-refractivity contribution is 0.0970. The maximum atomic E-state index is 13.5. The van der Waals surface area contributed by atoms with Crippen LogP contribution in [-0.4, -0.2) is 10.9 Å². The summed E-state index contributed by atoms with van der Waals surface area (Å²) in [5, 5.41) is 0.483. The van der Waals surface area contributed by atoms with Crippen molar-refractivity contribution in [3.05, 3.63) is 105 Å². The molecule has 0 fully saturated rings. The Morgan fingerprint density at radius 3 is 2.48 bits per heavy atom. The second kappa shape index (κ2) is 6.41. The van der Waals surface area contributed by atoms with Crippen molar-refractivity contribution in [1.82, 2.24) is 4.98 Å². The number of aryl methyl sites for hydroxylation is 2. The van der Waals surface area contributed by atoms with Gasteiger partial charge in [-0.2, -0.15) is 0 Å². The zero-order valence-corrected chi connectivity index (χ0v) is 16.0. The molecule has 0 saturated carbocycles. The van der Waals surface area contributed by atoms with Crippen molar-refractivity contribution in [3.8, 4) is 0 Å². The molecule has 1 amide bonds. The Hall–Kier alpha value is -3.73. The predicted octanol–water partition coefficient (Wildman–Crippen LogP) is 4.55. The van der Waals surface area contributed by atoms with Crippen LogP contribution in [0.2, 0.25) is 0 Å². The molecule has 5 heteroatoms. The molecule has 1 unspecified atom stereocenters. The second-order valence-electron chi connectivity index (χ2n) is 7.30. The Morgan fingerprint density at radius 2 is 1.72 bits per heavy atom. The van der Waals surface area contributed by atoms with Gasteiger partial charge in [0.25, 0.3) is 5.91 Å². The molecule has 2 aromatic carbocycles. The van der Waals surface area contributed by atoms with Crippen molar-refractivity contribution >= 4 is 22.7 Å². The van der Waals surface area contributed by atoms with Crippen molar-refractivity contribution < 1.29 is 9.21 Å². The van der Waals surface area contributed by atoms with E-state index in [9.17, 15) is 9.59 Å². The van der Waals surface area contributed by atoms with E-state index in [1.165, 1.54) is 0 Å². The van der Waals surface area contributed by atoms with Crippen molar-refractivity contribution in [3.63, 3.8) is 0 Å². The molecule has 1 atom stereocenters. The van der Waals surface area contributed by atoms with Crippen LogP contribution in [0.3, 0.4) is 0 Å². The van der Waals surface area contributed by atoms with Crippen LogP contribution < -0.4 is 10.3 Å². The Kier molecular flexibility index (Phi) is 3.84. The van der Waals surface area contributed by atoms with Crippen LogP contribution in [-0.2, 0) is 0 Å². The number of aromatic nitrogens is 1. The number of pyridine rings is 1. The van der Waals surface area contributed by atoms with Gasteiger partial charge in [-0.05, 0) is 43.7 Å². The zero-order chi connectivity index (χ0) is 20.1. The molecule has 1 aliphatic rings. The number of anilines is 1. The number of hydrogen-bond acceptors (Lipinski definition) is 4. The van der Waals surface area contributed by atoms with Gasteiger partial charge in [-0.15, -0.1) is 0 Å². The Labute approximate surface area is 167 Å². The highest BCUT2D eigenvalue weighted by molar-refractivity contribution is 6.10. The van der Waals surface area contributed by atoms with E-state index in [2.05, 4.69) is 4.98 Å². The van der Waals surface area contributed by atoms with Crippen LogP contribution in [0.5, 0.6) is 0 Å². The summed E-state index contributed by atoms with van der Waals surface area (Å²) in [6.07, 6.45) is 0. The molecule has 0 aliphatic carbocycles. The standard InChI is InChI=1S/C24H18N2O3/c1-14-11-12-18-17(13-14)22(27)20-21(16-8-4-3-5-9-16)26(24(28)23(20)29-18)19-10-6-7-15(2)25-19/h3-13,21H,1-2H3. The molecular weight excluding hydrogens is 364 g/mol. The van der Waals surface area contributed by atoms with E-state index in [1.54, 1.807) is 17.0 Å². The summed E-state index contributed by atoms with van der Waals surface area (Å²) in [7, 11) is 0. The van der Waals surface area contributed by atoms with E-state index in [0.29, 0.717) is 22.4 Å². The topological polar surface area (TPSA) is 63.4 Å². The molecule has 0 spiro atoms. The highest BCUT2D eigenvalue weighted by Crippen LogP contribution is 2.40. The van der Waals surface area contributed by atoms with Crippen molar-refractivity contribution in [2.24, 2.45) is 0 Å². The molecule has 5 rings (SSSR count). The third kappa shape index (κ3) is 2.66. The van der Waals surface area contributed by atoms with Crippen molar-refractivity contribution in [2.45, 2.75) is 19.9 Å². The van der Waals surface area contributed by atoms with Gasteiger partial charge in [0.1, 0.15) is 11.4 Å². The van der Waals surface area contributed by atoms with Gasteiger partial charge in [-0.25, -0.2) is 4.98 Å². The monoisotopic (exact) mass is 382 g/mol. The lowest BCUT2D eigenvalue weighted by atomic mass is 9.98. The minimum Gasteiger partial charge on any atom is -0.450 e. The minimum absolute atomic E-state index is 0.0866. The molecule has 29 heavy (non-hydrogen) atoms. The molecule has 0 N–H and O–H groups in total. The summed E-state index contributed by atoms with van der Waals surface area (Å²) in [4.78, 5) is 33.0. The fraction of sp³-hybridized carbons (Fsp3) is 0.125. The number of amides is 1. The quantitative estimate of drug-likeness (QED) is 0.510. The summed E-state index contributed by atoms with van der Waals surface area (Å²) < 4.78 is 5.97. The summed E-state index contributed by atoms with van der Waals surface area (Å²) in [6, 6.07) is 19.8. The zero-order valence-electron chi connectivity index (χ0n) is 16.0. The van der Waals surface area contributed by atoms with Crippen molar-refractivity contribution in [1.29, 1.82) is 0 Å². The van der Waals surface area contributed by atoms with Crippen LogP contribution in [0.4, 0.5) is 5.82 Å². The van der Waals surface area contributed by atoms with Gasteiger partial charge in [0.2, 0.25) is 5.76 Å². The summed E-state index contributed by atoms with van der Waals surface area (Å²) in [6.45, 7) is 3.80. The van der Waals surface area contributed by atoms with Gasteiger partial charge in [0.15, 0.2) is 5.43 Å². The number of rotatable bonds is 2. The lowest BCUT2D eigenvalue weighted by Gasteiger charge is -2.24. The Morgan fingerprint density at radius 1 is 0.931 bits per heavy atom. The number of fused-ring (bicyclic) bond motifs is 2. The molecule has 0 radical (unpaired) electrons. The maximum Gasteiger partial charge on any atom is 0.296 e. The number of hydrogen-bond donors (Lipinski definition) is 0. The van der Waals surface area contributed by atoms with Crippen LogP contribution >= 0.6 is 0 Å². The van der Waals surface area contributed by atoms with Crippen LogP contribution in [0.15, 0.2) is 75.9 Å². The van der Waals surface area contributed by atoms with Crippen LogP contribution in [0.1, 0.15) is 39.0 Å². The smallest absolute Gasteiger partial charge is 0.296 e. The normalized spacial score (nSPS) is 15.7. The summed E-state index contributed by atoms with van der Waals surface area (Å²) >= 11 is 0. The molecule has 0 bridgehead atoms. The predicted molar refractivity (Wildman–Crippen MR) is 111 cm³/mol. The molecule has 4 aromatic rings. The molecule has 1 aliphatic heterocycles. The lowest BCUT2D eigenvalue weighted by Crippen LogP contribution is -2.30. The van der Waals surface area contributed by atoms with E-state index in [1.807, 2.05) is 68.4 Å². The first-order valence-corrected chi connectivity index (χ1v) is 9.44. The van der Waals surface area contributed by atoms with Crippen molar-refractivity contribution in [2.75, 3.05) is 4.90 Å². The van der Waals surface area contributed by atoms with Gasteiger partial charge < -0.3 is 4.42 Å². The van der Waals surface area contributed by atoms with Gasteiger partial charge in [-0.3, -0.25) is 14.5 Å². The molecule has 5 nitrogen and oxygen atoms in total. The molecule has 142 valence electrons. The molecule has 3 heterocycles. The van der Waals surface area contributed by atoms with Gasteiger partial charge in [0.05, 0.1) is 17.0 Å². The minimum atomic E-state index is -0.589. The summed E-state index contributed by atoms with van der Waals surface area (Å²) in [5.41, 5.74) is 3.19. The third-order valence-electron chi connectivity index (χ3n) is 5.26. The largest absolute Gasteiger partial charge is 0.450 e. The first kappa shape index (κ1) is 17.4. The van der Waals surface area contributed by atoms with Crippen LogP contribution in [0.25, 0.3) is 11.0 Å². The SMILES string of the molecule is Cc1ccc2oc3c(c(=O)c2c1)C(c1ccccc1)N(c1cccc(C)n1)C3=O. The highest BCUT2D eigenvalue weighted by Gasteiger charge is 2.44. The number of nitrogens with zero attached hydrogens (tertiary/aromatic N) is 2. The fourth-order valence-corrected chi connectivity index (χ4v) is 3.94. The first-order chi connectivity index (χ1) is 14.0. The van der Waals surface area contributed by atoms with E-state index in [4.69, 9.17) is 4.42 Å². The molecule has 2 aromatic heterocycles. The average molecular weight is 382 g/mol.